The minimum atomic E-state index is -0.283. The number of amides is 2. The second-order valence-electron chi connectivity index (χ2n) is 5.72. The zero-order chi connectivity index (χ0) is 17.2. The molecule has 0 fully saturated rings. The first-order valence-electron chi connectivity index (χ1n) is 7.93. The number of nitrogens with zero attached hydrogens (tertiary/aromatic N) is 3. The molecule has 1 aromatic carbocycles. The maximum atomic E-state index is 12.2. The first-order valence-corrected chi connectivity index (χ1v) is 7.93. The van der Waals surface area contributed by atoms with Gasteiger partial charge in [0.1, 0.15) is 0 Å². The molecule has 3 heterocycles. The maximum Gasteiger partial charge on any atom is 0.315 e. The summed E-state index contributed by atoms with van der Waals surface area (Å²) in [4.78, 5) is 12.2. The van der Waals surface area contributed by atoms with Crippen LogP contribution in [0.4, 0.5) is 4.79 Å². The molecule has 0 saturated heterocycles. The number of hydrogen-bond acceptors (Lipinski definition) is 5. The van der Waals surface area contributed by atoms with Gasteiger partial charge in [0.05, 0.1) is 6.04 Å². The number of aromatic nitrogens is 3. The van der Waals surface area contributed by atoms with E-state index in [0.717, 1.165) is 17.0 Å². The first-order chi connectivity index (χ1) is 12.2. The SMILES string of the molecule is CC(NC(=O)NCc1ccc2c(c1)OCO2)c1nnc2ccccn12. The molecule has 1 unspecified atom stereocenters. The number of pyridine rings is 1. The Balaban J connectivity index is 1.37. The van der Waals surface area contributed by atoms with Crippen LogP contribution in [0.25, 0.3) is 5.65 Å². The highest BCUT2D eigenvalue weighted by Crippen LogP contribution is 2.32. The van der Waals surface area contributed by atoms with Crippen molar-refractivity contribution in [3.8, 4) is 11.5 Å². The molecule has 8 nitrogen and oxygen atoms in total. The van der Waals surface area contributed by atoms with Crippen LogP contribution in [0.15, 0.2) is 42.6 Å². The lowest BCUT2D eigenvalue weighted by Crippen LogP contribution is -2.37. The smallest absolute Gasteiger partial charge is 0.315 e. The third kappa shape index (κ3) is 3.06. The largest absolute Gasteiger partial charge is 0.454 e. The molecule has 8 heteroatoms. The molecule has 2 aromatic heterocycles. The average Bonchev–Trinajstić information content (AvgIpc) is 3.26. The van der Waals surface area contributed by atoms with Gasteiger partial charge in [-0.25, -0.2) is 4.79 Å². The third-order valence-corrected chi connectivity index (χ3v) is 3.97. The van der Waals surface area contributed by atoms with Crippen molar-refractivity contribution in [1.82, 2.24) is 25.2 Å². The van der Waals surface area contributed by atoms with Crippen LogP contribution in [-0.2, 0) is 6.54 Å². The highest BCUT2D eigenvalue weighted by atomic mass is 16.7. The van der Waals surface area contributed by atoms with Crippen molar-refractivity contribution in [2.45, 2.75) is 19.5 Å². The van der Waals surface area contributed by atoms with Crippen molar-refractivity contribution in [3.05, 3.63) is 54.0 Å². The zero-order valence-corrected chi connectivity index (χ0v) is 13.6. The van der Waals surface area contributed by atoms with E-state index in [4.69, 9.17) is 9.47 Å². The average molecular weight is 339 g/mol. The lowest BCUT2D eigenvalue weighted by atomic mass is 10.2. The molecule has 0 saturated carbocycles. The van der Waals surface area contributed by atoms with Crippen molar-refractivity contribution < 1.29 is 14.3 Å². The fourth-order valence-corrected chi connectivity index (χ4v) is 2.70. The van der Waals surface area contributed by atoms with Crippen molar-refractivity contribution in [2.24, 2.45) is 0 Å². The topological polar surface area (TPSA) is 89.8 Å². The molecule has 1 aliphatic heterocycles. The molecule has 0 spiro atoms. The van der Waals surface area contributed by atoms with Gasteiger partial charge < -0.3 is 20.1 Å². The fraction of sp³-hybridized carbons (Fsp3) is 0.235. The summed E-state index contributed by atoms with van der Waals surface area (Å²) >= 11 is 0. The number of carbonyl (C=O) groups excluding carboxylic acids is 1. The molecule has 3 aromatic rings. The summed E-state index contributed by atoms with van der Waals surface area (Å²) in [6, 6.07) is 10.7. The summed E-state index contributed by atoms with van der Waals surface area (Å²) in [5.74, 6) is 2.09. The molecule has 128 valence electrons. The van der Waals surface area contributed by atoms with E-state index in [2.05, 4.69) is 20.8 Å². The van der Waals surface area contributed by atoms with Gasteiger partial charge in [-0.3, -0.25) is 4.40 Å². The number of rotatable bonds is 4. The Morgan fingerprint density at radius 1 is 1.24 bits per heavy atom. The van der Waals surface area contributed by atoms with Crippen LogP contribution in [0, 0.1) is 0 Å². The maximum absolute atomic E-state index is 12.2. The van der Waals surface area contributed by atoms with Crippen LogP contribution in [0.2, 0.25) is 0 Å². The number of carbonyl (C=O) groups is 1. The molecule has 2 amide bonds. The van der Waals surface area contributed by atoms with Gasteiger partial charge in [0.2, 0.25) is 6.79 Å². The van der Waals surface area contributed by atoms with Crippen molar-refractivity contribution in [2.75, 3.05) is 6.79 Å². The van der Waals surface area contributed by atoms with E-state index in [-0.39, 0.29) is 18.9 Å². The van der Waals surface area contributed by atoms with Crippen LogP contribution in [-0.4, -0.2) is 27.4 Å². The minimum absolute atomic E-state index is 0.233. The lowest BCUT2D eigenvalue weighted by molar-refractivity contribution is 0.174. The molecular weight excluding hydrogens is 322 g/mol. The molecule has 25 heavy (non-hydrogen) atoms. The van der Waals surface area contributed by atoms with Crippen LogP contribution in [0.5, 0.6) is 11.5 Å². The van der Waals surface area contributed by atoms with Gasteiger partial charge in [0.25, 0.3) is 0 Å². The Morgan fingerprint density at radius 2 is 2.12 bits per heavy atom. The van der Waals surface area contributed by atoms with E-state index >= 15 is 0 Å². The van der Waals surface area contributed by atoms with E-state index in [1.807, 2.05) is 53.9 Å². The molecule has 0 radical (unpaired) electrons. The van der Waals surface area contributed by atoms with Gasteiger partial charge in [-0.05, 0) is 36.8 Å². The lowest BCUT2D eigenvalue weighted by Gasteiger charge is -2.13. The van der Waals surface area contributed by atoms with E-state index in [0.29, 0.717) is 18.1 Å². The summed E-state index contributed by atoms with van der Waals surface area (Å²) in [6.07, 6.45) is 1.87. The Morgan fingerprint density at radius 3 is 3.04 bits per heavy atom. The van der Waals surface area contributed by atoms with Gasteiger partial charge in [-0.1, -0.05) is 12.1 Å². The van der Waals surface area contributed by atoms with Crippen LogP contribution in [0.3, 0.4) is 0 Å². The van der Waals surface area contributed by atoms with E-state index in [1.165, 1.54) is 0 Å². The normalized spacial score (nSPS) is 13.6. The number of fused-ring (bicyclic) bond motifs is 2. The van der Waals surface area contributed by atoms with Gasteiger partial charge in [-0.15, -0.1) is 10.2 Å². The Kier molecular flexibility index (Phi) is 3.85. The molecule has 4 rings (SSSR count). The van der Waals surface area contributed by atoms with E-state index in [1.54, 1.807) is 0 Å². The van der Waals surface area contributed by atoms with Crippen molar-refractivity contribution in [1.29, 1.82) is 0 Å². The zero-order valence-electron chi connectivity index (χ0n) is 13.6. The number of urea groups is 1. The Hall–Kier alpha value is -3.29. The van der Waals surface area contributed by atoms with Crippen molar-refractivity contribution in [3.63, 3.8) is 0 Å². The second-order valence-corrected chi connectivity index (χ2v) is 5.72. The highest BCUT2D eigenvalue weighted by Gasteiger charge is 2.16. The third-order valence-electron chi connectivity index (χ3n) is 3.97. The quantitative estimate of drug-likeness (QED) is 0.759. The van der Waals surface area contributed by atoms with Crippen LogP contribution in [0.1, 0.15) is 24.4 Å². The number of nitrogens with one attached hydrogen (secondary N) is 2. The Bertz CT molecular complexity index is 924. The van der Waals surface area contributed by atoms with Gasteiger partial charge in [-0.2, -0.15) is 0 Å². The molecule has 0 aliphatic carbocycles. The van der Waals surface area contributed by atoms with Gasteiger partial charge in [0.15, 0.2) is 23.0 Å². The molecular formula is C17H17N5O3. The van der Waals surface area contributed by atoms with Gasteiger partial charge >= 0.3 is 6.03 Å². The highest BCUT2D eigenvalue weighted by molar-refractivity contribution is 5.74. The van der Waals surface area contributed by atoms with E-state index in [9.17, 15) is 4.79 Å². The second kappa shape index (κ2) is 6.31. The summed E-state index contributed by atoms with van der Waals surface area (Å²) in [5, 5.41) is 13.9. The van der Waals surface area contributed by atoms with Crippen molar-refractivity contribution >= 4 is 11.7 Å². The summed E-state index contributed by atoms with van der Waals surface area (Å²) in [6.45, 7) is 2.48. The van der Waals surface area contributed by atoms with Gasteiger partial charge in [0, 0.05) is 12.7 Å². The summed E-state index contributed by atoms with van der Waals surface area (Å²) in [5.41, 5.74) is 1.67. The fourth-order valence-electron chi connectivity index (χ4n) is 2.70. The minimum Gasteiger partial charge on any atom is -0.454 e. The predicted molar refractivity (Wildman–Crippen MR) is 89.3 cm³/mol. The molecule has 1 atom stereocenters. The predicted octanol–water partition coefficient (Wildman–Crippen LogP) is 2.02. The molecule has 1 aliphatic rings. The molecule has 0 bridgehead atoms. The van der Waals surface area contributed by atoms with E-state index < -0.39 is 0 Å². The first kappa shape index (κ1) is 15.3. The number of benzene rings is 1. The molecule has 2 N–H and O–H groups in total. The Labute approximate surface area is 143 Å². The summed E-state index contributed by atoms with van der Waals surface area (Å²) in [7, 11) is 0. The number of hydrogen-bond donors (Lipinski definition) is 2. The monoisotopic (exact) mass is 339 g/mol. The summed E-state index contributed by atoms with van der Waals surface area (Å²) < 4.78 is 12.5. The van der Waals surface area contributed by atoms with Crippen LogP contribution < -0.4 is 20.1 Å². The standard InChI is InChI=1S/C17H17N5O3/c1-11(16-21-20-15-4-2-3-7-22(15)16)19-17(23)18-9-12-5-6-13-14(8-12)25-10-24-13/h2-8,11H,9-10H2,1H3,(H2,18,19,23). The number of ether oxygens (including phenoxy) is 2. The van der Waals surface area contributed by atoms with Crippen LogP contribution >= 0.6 is 0 Å².